The highest BCUT2D eigenvalue weighted by Crippen LogP contribution is 2.35. The summed E-state index contributed by atoms with van der Waals surface area (Å²) < 4.78 is 40.6. The average molecular weight is 600 g/mol. The van der Waals surface area contributed by atoms with Gasteiger partial charge in [0.25, 0.3) is 5.91 Å². The van der Waals surface area contributed by atoms with Crippen molar-refractivity contribution in [1.82, 2.24) is 20.0 Å². The van der Waals surface area contributed by atoms with E-state index in [-0.39, 0.29) is 17.7 Å². The lowest BCUT2D eigenvalue weighted by Crippen LogP contribution is -2.31. The number of carbonyl (C=O) groups is 2. The summed E-state index contributed by atoms with van der Waals surface area (Å²) in [5.41, 5.74) is 1.15. The monoisotopic (exact) mass is 599 g/mol. The number of amides is 2. The van der Waals surface area contributed by atoms with Gasteiger partial charge in [0, 0.05) is 23.2 Å². The maximum atomic E-state index is 13.9. The summed E-state index contributed by atoms with van der Waals surface area (Å²) >= 11 is 12.6. The van der Waals surface area contributed by atoms with Crippen molar-refractivity contribution in [3.8, 4) is 23.1 Å². The predicted octanol–water partition coefficient (Wildman–Crippen LogP) is 6.84. The number of carbonyl (C=O) groups excluding carboxylic acids is 2. The van der Waals surface area contributed by atoms with Crippen LogP contribution in [0.15, 0.2) is 72.8 Å². The molecule has 1 heterocycles. The Morgan fingerprint density at radius 1 is 1.05 bits per heavy atom. The van der Waals surface area contributed by atoms with E-state index in [0.29, 0.717) is 32.6 Å². The van der Waals surface area contributed by atoms with Crippen LogP contribution < -0.4 is 5.32 Å². The molecule has 0 saturated heterocycles. The van der Waals surface area contributed by atoms with Crippen molar-refractivity contribution >= 4 is 35.0 Å². The molecule has 0 saturated carbocycles. The number of benzene rings is 3. The Morgan fingerprint density at radius 3 is 2.27 bits per heavy atom. The van der Waals surface area contributed by atoms with Gasteiger partial charge in [-0.15, -0.1) is 0 Å². The molecule has 3 aromatic carbocycles. The lowest BCUT2D eigenvalue weighted by molar-refractivity contribution is -0.137. The zero-order valence-corrected chi connectivity index (χ0v) is 23.2. The molecule has 0 radical (unpaired) electrons. The van der Waals surface area contributed by atoms with E-state index in [1.54, 1.807) is 61.6 Å². The summed E-state index contributed by atoms with van der Waals surface area (Å²) in [6.07, 6.45) is -3.28. The van der Waals surface area contributed by atoms with Gasteiger partial charge in [0.2, 0.25) is 5.91 Å². The zero-order chi connectivity index (χ0) is 29.9. The lowest BCUT2D eigenvalue weighted by atomic mass is 10.0. The number of hydrogen-bond donors (Lipinski definition) is 1. The fourth-order valence-electron chi connectivity index (χ4n) is 4.28. The van der Waals surface area contributed by atoms with E-state index in [4.69, 9.17) is 28.5 Å². The zero-order valence-electron chi connectivity index (χ0n) is 21.7. The van der Waals surface area contributed by atoms with E-state index in [1.807, 2.05) is 0 Å². The van der Waals surface area contributed by atoms with E-state index in [0.717, 1.165) is 12.1 Å². The smallest absolute Gasteiger partial charge is 0.334 e. The maximum Gasteiger partial charge on any atom is 0.416 e. The number of hydrogen-bond acceptors (Lipinski definition) is 4. The van der Waals surface area contributed by atoms with Gasteiger partial charge in [-0.2, -0.15) is 23.5 Å². The highest BCUT2D eigenvalue weighted by atomic mass is 35.5. The highest BCUT2D eigenvalue weighted by Gasteiger charge is 2.32. The fraction of sp³-hybridized carbons (Fsp3) is 0.172. The third kappa shape index (κ3) is 6.37. The third-order valence-electron chi connectivity index (χ3n) is 6.54. The van der Waals surface area contributed by atoms with Gasteiger partial charge < -0.3 is 4.90 Å². The summed E-state index contributed by atoms with van der Waals surface area (Å²) in [4.78, 5) is 27.9. The second kappa shape index (κ2) is 12.0. The minimum absolute atomic E-state index is 0.0933. The molecule has 7 nitrogen and oxygen atoms in total. The largest absolute Gasteiger partial charge is 0.416 e. The minimum Gasteiger partial charge on any atom is -0.334 e. The van der Waals surface area contributed by atoms with Gasteiger partial charge in [-0.3, -0.25) is 14.9 Å². The number of rotatable bonds is 7. The molecule has 0 spiro atoms. The first-order chi connectivity index (χ1) is 19.4. The Bertz CT molecular complexity index is 1630. The van der Waals surface area contributed by atoms with E-state index >= 15 is 0 Å². The maximum absolute atomic E-state index is 13.9. The van der Waals surface area contributed by atoms with Crippen molar-refractivity contribution in [2.75, 3.05) is 7.05 Å². The summed E-state index contributed by atoms with van der Waals surface area (Å²) in [5, 5.41) is 16.5. The lowest BCUT2D eigenvalue weighted by Gasteiger charge is -2.25. The minimum atomic E-state index is -4.49. The molecule has 4 aromatic rings. The van der Waals surface area contributed by atoms with Crippen molar-refractivity contribution < 1.29 is 22.8 Å². The van der Waals surface area contributed by atoms with Gasteiger partial charge in [-0.1, -0.05) is 59.6 Å². The predicted molar refractivity (Wildman–Crippen MR) is 148 cm³/mol. The van der Waals surface area contributed by atoms with Crippen molar-refractivity contribution in [2.24, 2.45) is 0 Å². The van der Waals surface area contributed by atoms with E-state index in [9.17, 15) is 22.8 Å². The van der Waals surface area contributed by atoms with Crippen molar-refractivity contribution in [1.29, 1.82) is 5.26 Å². The average Bonchev–Trinajstić information content (AvgIpc) is 3.30. The fourth-order valence-corrected chi connectivity index (χ4v) is 4.62. The molecule has 0 unspecified atom stereocenters. The van der Waals surface area contributed by atoms with Gasteiger partial charge in [-0.05, 0) is 48.9 Å². The number of nitriles is 1. The molecule has 0 aliphatic heterocycles. The molecule has 41 heavy (non-hydrogen) atoms. The Morgan fingerprint density at radius 2 is 1.68 bits per heavy atom. The van der Waals surface area contributed by atoms with Crippen LogP contribution in [-0.2, 0) is 17.4 Å². The Hall–Kier alpha value is -4.33. The Labute approximate surface area is 243 Å². The SMILES string of the molecule is C[C@H](c1ccc(C(F)(F)F)cc1)N(C)C(=O)c1nn(-c2ccccc2Cl)c(-c2ccc(Cl)cc2)c1CC(=O)NC#N. The van der Waals surface area contributed by atoms with Crippen molar-refractivity contribution in [3.05, 3.63) is 105 Å². The number of alkyl halides is 3. The summed E-state index contributed by atoms with van der Waals surface area (Å²) in [6, 6.07) is 17.3. The van der Waals surface area contributed by atoms with Gasteiger partial charge >= 0.3 is 6.18 Å². The standard InChI is InChI=1S/C29H22Cl2F3N5O2/c1-17(18-7-11-20(12-8-18)29(32,33)34)38(2)28(41)26-22(15-25(40)36-16-35)27(19-9-13-21(30)14-10-19)39(37-26)24-6-4-3-5-23(24)31/h3-14,17H,15H2,1-2H3,(H,36,40)/t17-/m1/s1. The molecule has 1 atom stereocenters. The molecular formula is C29H22Cl2F3N5O2. The normalized spacial score (nSPS) is 12.0. The van der Waals surface area contributed by atoms with Crippen LogP contribution in [0.5, 0.6) is 0 Å². The number of nitrogens with one attached hydrogen (secondary N) is 1. The number of aromatic nitrogens is 2. The van der Waals surface area contributed by atoms with Gasteiger partial charge in [-0.25, -0.2) is 4.68 Å². The topological polar surface area (TPSA) is 91.0 Å². The molecule has 0 fully saturated rings. The molecule has 1 N–H and O–H groups in total. The van der Waals surface area contributed by atoms with Crippen molar-refractivity contribution in [3.63, 3.8) is 0 Å². The molecule has 12 heteroatoms. The molecule has 0 aliphatic carbocycles. The summed E-state index contributed by atoms with van der Waals surface area (Å²) in [6.45, 7) is 1.66. The molecule has 210 valence electrons. The Balaban J connectivity index is 1.86. The first-order valence-corrected chi connectivity index (χ1v) is 12.9. The van der Waals surface area contributed by atoms with Crippen LogP contribution in [0, 0.1) is 11.5 Å². The number of halogens is 5. The molecule has 0 bridgehead atoms. The van der Waals surface area contributed by atoms with E-state index < -0.39 is 29.6 Å². The Kier molecular flexibility index (Phi) is 8.71. The van der Waals surface area contributed by atoms with Crippen LogP contribution in [-0.4, -0.2) is 33.5 Å². The van der Waals surface area contributed by atoms with Gasteiger partial charge in [0.15, 0.2) is 11.9 Å². The van der Waals surface area contributed by atoms with Gasteiger partial charge in [0.1, 0.15) is 0 Å². The van der Waals surface area contributed by atoms with Crippen LogP contribution in [0.25, 0.3) is 16.9 Å². The summed E-state index contributed by atoms with van der Waals surface area (Å²) in [5.74, 6) is -1.27. The molecule has 4 rings (SSSR count). The van der Waals surface area contributed by atoms with Crippen molar-refractivity contribution in [2.45, 2.75) is 25.6 Å². The number of nitrogens with zero attached hydrogens (tertiary/aromatic N) is 4. The second-order valence-corrected chi connectivity index (χ2v) is 9.94. The van der Waals surface area contributed by atoms with Crippen LogP contribution in [0.3, 0.4) is 0 Å². The molecule has 0 aliphatic rings. The quantitative estimate of drug-likeness (QED) is 0.186. The first kappa shape index (κ1) is 29.6. The summed E-state index contributed by atoms with van der Waals surface area (Å²) in [7, 11) is 1.49. The third-order valence-corrected chi connectivity index (χ3v) is 7.11. The van der Waals surface area contributed by atoms with Gasteiger partial charge in [0.05, 0.1) is 34.4 Å². The molecule has 1 aromatic heterocycles. The second-order valence-electron chi connectivity index (χ2n) is 9.09. The van der Waals surface area contributed by atoms with E-state index in [2.05, 4.69) is 10.4 Å². The van der Waals surface area contributed by atoms with Crippen LogP contribution in [0.1, 0.15) is 40.1 Å². The van der Waals surface area contributed by atoms with Crippen LogP contribution in [0.2, 0.25) is 10.0 Å². The highest BCUT2D eigenvalue weighted by molar-refractivity contribution is 6.32. The number of para-hydroxylation sites is 1. The first-order valence-electron chi connectivity index (χ1n) is 12.2. The van der Waals surface area contributed by atoms with E-state index in [1.165, 1.54) is 28.8 Å². The molecular weight excluding hydrogens is 578 g/mol. The van der Waals surface area contributed by atoms with Crippen LogP contribution in [0.4, 0.5) is 13.2 Å². The molecule has 2 amide bonds. The van der Waals surface area contributed by atoms with Crippen LogP contribution >= 0.6 is 23.2 Å².